The summed E-state index contributed by atoms with van der Waals surface area (Å²) in [5.74, 6) is 0. The number of hydrogen-bond donors (Lipinski definition) is 0. The third-order valence-corrected chi connectivity index (χ3v) is 2.13. The summed E-state index contributed by atoms with van der Waals surface area (Å²) in [7, 11) is 3.58. The van der Waals surface area contributed by atoms with Gasteiger partial charge < -0.3 is 9.43 Å². The van der Waals surface area contributed by atoms with Crippen LogP contribution in [0.25, 0.3) is 11.0 Å². The van der Waals surface area contributed by atoms with Crippen molar-refractivity contribution in [3.8, 4) is 0 Å². The van der Waals surface area contributed by atoms with Gasteiger partial charge in [-0.2, -0.15) is 5.10 Å². The lowest BCUT2D eigenvalue weighted by Crippen LogP contribution is -2.10. The van der Waals surface area contributed by atoms with Gasteiger partial charge in [0.25, 0.3) is 0 Å². The number of para-hydroxylation sites is 1. The molecular weight excluding hydrogens is 204 g/mol. The van der Waals surface area contributed by atoms with Crippen molar-refractivity contribution in [2.45, 2.75) is 0 Å². The Balaban J connectivity index is 2.57. The highest BCUT2D eigenvalue weighted by molar-refractivity contribution is 5.85. The smallest absolute Gasteiger partial charge is 0.201 e. The molecule has 0 saturated heterocycles. The van der Waals surface area contributed by atoms with Crippen molar-refractivity contribution in [1.82, 2.24) is 5.01 Å². The molecule has 1 aromatic heterocycles. The highest BCUT2D eigenvalue weighted by Gasteiger charge is 2.03. The number of rotatable bonds is 2. The van der Waals surface area contributed by atoms with Crippen LogP contribution in [0.2, 0.25) is 0 Å². The van der Waals surface area contributed by atoms with Crippen molar-refractivity contribution >= 4 is 17.2 Å². The maximum Gasteiger partial charge on any atom is 0.201 e. The van der Waals surface area contributed by atoms with E-state index in [2.05, 4.69) is 5.10 Å². The van der Waals surface area contributed by atoms with Crippen molar-refractivity contribution in [2.24, 2.45) is 5.10 Å². The van der Waals surface area contributed by atoms with Gasteiger partial charge >= 0.3 is 0 Å². The van der Waals surface area contributed by atoms with Gasteiger partial charge in [0.15, 0.2) is 0 Å². The van der Waals surface area contributed by atoms with Crippen LogP contribution < -0.4 is 5.43 Å². The van der Waals surface area contributed by atoms with Gasteiger partial charge in [0.05, 0.1) is 17.2 Å². The van der Waals surface area contributed by atoms with E-state index in [9.17, 15) is 4.79 Å². The van der Waals surface area contributed by atoms with E-state index >= 15 is 0 Å². The largest absolute Gasteiger partial charge is 0.463 e. The highest BCUT2D eigenvalue weighted by Crippen LogP contribution is 2.09. The zero-order chi connectivity index (χ0) is 11.5. The predicted octanol–water partition coefficient (Wildman–Crippen LogP) is 1.69. The minimum atomic E-state index is -0.0625. The van der Waals surface area contributed by atoms with Crippen LogP contribution in [-0.4, -0.2) is 25.3 Å². The van der Waals surface area contributed by atoms with Crippen molar-refractivity contribution < 1.29 is 4.42 Å². The quantitative estimate of drug-likeness (QED) is 0.567. The van der Waals surface area contributed by atoms with Gasteiger partial charge in [-0.05, 0) is 12.1 Å². The molecule has 0 unspecified atom stereocenters. The summed E-state index contributed by atoms with van der Waals surface area (Å²) < 4.78 is 5.35. The Labute approximate surface area is 92.8 Å². The van der Waals surface area contributed by atoms with E-state index in [-0.39, 0.29) is 5.43 Å². The minimum absolute atomic E-state index is 0.0625. The van der Waals surface area contributed by atoms with Crippen molar-refractivity contribution in [1.29, 1.82) is 0 Å². The van der Waals surface area contributed by atoms with Gasteiger partial charge in [-0.25, -0.2) is 0 Å². The first-order chi connectivity index (χ1) is 7.68. The van der Waals surface area contributed by atoms with Crippen LogP contribution >= 0.6 is 0 Å². The Morgan fingerprint density at radius 1 is 1.31 bits per heavy atom. The Morgan fingerprint density at radius 2 is 2.06 bits per heavy atom. The number of benzene rings is 1. The zero-order valence-electron chi connectivity index (χ0n) is 9.18. The fourth-order valence-electron chi connectivity index (χ4n) is 1.36. The Kier molecular flexibility index (Phi) is 2.72. The van der Waals surface area contributed by atoms with Crippen LogP contribution in [0.1, 0.15) is 5.56 Å². The Bertz CT molecular complexity index is 585. The number of hydrogen-bond acceptors (Lipinski definition) is 4. The molecule has 0 aliphatic rings. The van der Waals surface area contributed by atoms with E-state index in [0.717, 1.165) is 0 Å². The normalized spacial score (nSPS) is 11.1. The van der Waals surface area contributed by atoms with E-state index in [1.165, 1.54) is 12.5 Å². The van der Waals surface area contributed by atoms with Crippen LogP contribution in [0.4, 0.5) is 0 Å². The Morgan fingerprint density at radius 3 is 2.81 bits per heavy atom. The molecule has 0 fully saturated rings. The summed E-state index contributed by atoms with van der Waals surface area (Å²) in [5.41, 5.74) is 0.981. The fraction of sp³-hybridized carbons (Fsp3) is 0.167. The van der Waals surface area contributed by atoms with Gasteiger partial charge in [0.2, 0.25) is 5.43 Å². The van der Waals surface area contributed by atoms with Gasteiger partial charge in [-0.15, -0.1) is 0 Å². The maximum atomic E-state index is 12.0. The first-order valence-electron chi connectivity index (χ1n) is 4.90. The molecule has 16 heavy (non-hydrogen) atoms. The minimum Gasteiger partial charge on any atom is -0.463 e. The molecule has 4 nitrogen and oxygen atoms in total. The van der Waals surface area contributed by atoms with Crippen molar-refractivity contribution in [3.05, 3.63) is 46.3 Å². The lowest BCUT2D eigenvalue weighted by atomic mass is 10.2. The summed E-state index contributed by atoms with van der Waals surface area (Å²) in [5, 5.41) is 6.20. The van der Waals surface area contributed by atoms with Crippen LogP contribution in [0.5, 0.6) is 0 Å². The van der Waals surface area contributed by atoms with E-state index in [1.807, 2.05) is 12.1 Å². The molecule has 4 heteroatoms. The molecular formula is C12H12N2O2. The zero-order valence-corrected chi connectivity index (χ0v) is 9.18. The molecule has 1 aromatic carbocycles. The lowest BCUT2D eigenvalue weighted by Gasteiger charge is -2.02. The molecule has 0 amide bonds. The molecule has 2 rings (SSSR count). The highest BCUT2D eigenvalue weighted by atomic mass is 16.3. The summed E-state index contributed by atoms with van der Waals surface area (Å²) in [4.78, 5) is 12.0. The van der Waals surface area contributed by atoms with E-state index in [1.54, 1.807) is 31.2 Å². The van der Waals surface area contributed by atoms with E-state index in [0.29, 0.717) is 16.5 Å². The third-order valence-electron chi connectivity index (χ3n) is 2.13. The second kappa shape index (κ2) is 4.18. The molecule has 1 heterocycles. The van der Waals surface area contributed by atoms with E-state index < -0.39 is 0 Å². The molecule has 0 saturated carbocycles. The number of nitrogens with zero attached hydrogens (tertiary/aromatic N) is 2. The van der Waals surface area contributed by atoms with Crippen LogP contribution in [-0.2, 0) is 0 Å². The first kappa shape index (κ1) is 10.4. The van der Waals surface area contributed by atoms with Crippen LogP contribution in [0, 0.1) is 0 Å². The second-order valence-electron chi connectivity index (χ2n) is 3.61. The van der Waals surface area contributed by atoms with Crippen LogP contribution in [0.3, 0.4) is 0 Å². The molecule has 0 bridgehead atoms. The van der Waals surface area contributed by atoms with Gasteiger partial charge in [0.1, 0.15) is 11.8 Å². The number of fused-ring (bicyclic) bond motifs is 1. The third kappa shape index (κ3) is 1.95. The van der Waals surface area contributed by atoms with Crippen molar-refractivity contribution in [2.75, 3.05) is 14.1 Å². The molecule has 82 valence electrons. The summed E-state index contributed by atoms with van der Waals surface area (Å²) in [6.45, 7) is 0. The molecule has 0 radical (unpaired) electrons. The summed E-state index contributed by atoms with van der Waals surface area (Å²) in [6, 6.07) is 7.16. The van der Waals surface area contributed by atoms with Gasteiger partial charge in [0, 0.05) is 14.1 Å². The standard InChI is InChI=1S/C12H12N2O2/c1-14(2)13-7-9-8-16-11-6-4-3-5-10(11)12(9)15/h3-8H,1-2H3/b13-7+. The molecule has 2 aromatic rings. The molecule has 0 spiro atoms. The van der Waals surface area contributed by atoms with Crippen molar-refractivity contribution in [3.63, 3.8) is 0 Å². The first-order valence-corrected chi connectivity index (χ1v) is 4.90. The SMILES string of the molecule is CN(C)/N=C/c1coc2ccccc2c1=O. The molecule has 0 N–H and O–H groups in total. The molecule has 0 atom stereocenters. The Hall–Kier alpha value is -2.10. The second-order valence-corrected chi connectivity index (χ2v) is 3.61. The number of hydrazone groups is 1. The average molecular weight is 216 g/mol. The predicted molar refractivity (Wildman–Crippen MR) is 63.8 cm³/mol. The molecule has 0 aliphatic heterocycles. The summed E-state index contributed by atoms with van der Waals surface area (Å²) in [6.07, 6.45) is 2.93. The maximum absolute atomic E-state index is 12.0. The summed E-state index contributed by atoms with van der Waals surface area (Å²) >= 11 is 0. The van der Waals surface area contributed by atoms with Gasteiger partial charge in [-0.1, -0.05) is 12.1 Å². The monoisotopic (exact) mass is 216 g/mol. The fourth-order valence-corrected chi connectivity index (χ4v) is 1.36. The lowest BCUT2D eigenvalue weighted by molar-refractivity contribution is 0.440. The van der Waals surface area contributed by atoms with Crippen LogP contribution in [0.15, 0.2) is 44.8 Å². The topological polar surface area (TPSA) is 45.8 Å². The van der Waals surface area contributed by atoms with E-state index in [4.69, 9.17) is 4.42 Å². The average Bonchev–Trinajstić information content (AvgIpc) is 2.28. The molecule has 0 aliphatic carbocycles. The van der Waals surface area contributed by atoms with Gasteiger partial charge in [-0.3, -0.25) is 4.79 Å².